The van der Waals surface area contributed by atoms with E-state index in [0.29, 0.717) is 11.8 Å². The highest BCUT2D eigenvalue weighted by Gasteiger charge is 2.18. The topological polar surface area (TPSA) is 35.5 Å². The predicted octanol–water partition coefficient (Wildman–Crippen LogP) is 3.23. The second kappa shape index (κ2) is 7.09. The standard InChI is InChI=1S/C17H28N2O/c1-13-7-8-17(20)16(11-13)15(3)18-12-14(2)19-9-5-4-6-10-19/h7-8,11,14-15,18,20H,4-6,9-10,12H2,1-3H3. The molecule has 2 N–H and O–H groups in total. The van der Waals surface area contributed by atoms with Crippen LogP contribution >= 0.6 is 0 Å². The molecule has 1 aliphatic rings. The normalized spacial score (nSPS) is 19.8. The molecule has 0 spiro atoms. The number of rotatable bonds is 5. The maximum absolute atomic E-state index is 9.97. The Morgan fingerprint density at radius 2 is 1.90 bits per heavy atom. The van der Waals surface area contributed by atoms with Gasteiger partial charge in [0.25, 0.3) is 0 Å². The molecule has 1 aromatic carbocycles. The molecule has 20 heavy (non-hydrogen) atoms. The quantitative estimate of drug-likeness (QED) is 0.866. The number of phenolic OH excluding ortho intramolecular Hbond substituents is 1. The number of aromatic hydroxyl groups is 1. The molecule has 1 saturated heterocycles. The van der Waals surface area contributed by atoms with E-state index in [4.69, 9.17) is 0 Å². The van der Waals surface area contributed by atoms with Crippen LogP contribution in [0.4, 0.5) is 0 Å². The zero-order valence-electron chi connectivity index (χ0n) is 13.0. The lowest BCUT2D eigenvalue weighted by molar-refractivity contribution is 0.168. The minimum absolute atomic E-state index is 0.183. The minimum Gasteiger partial charge on any atom is -0.508 e. The van der Waals surface area contributed by atoms with Crippen LogP contribution in [0.1, 0.15) is 50.3 Å². The summed E-state index contributed by atoms with van der Waals surface area (Å²) in [5, 5.41) is 13.5. The van der Waals surface area contributed by atoms with E-state index in [2.05, 4.69) is 37.1 Å². The fourth-order valence-electron chi connectivity index (χ4n) is 2.97. The van der Waals surface area contributed by atoms with E-state index in [9.17, 15) is 5.11 Å². The Kier molecular flexibility index (Phi) is 5.44. The fourth-order valence-corrected chi connectivity index (χ4v) is 2.97. The van der Waals surface area contributed by atoms with Crippen LogP contribution in [-0.4, -0.2) is 35.7 Å². The number of phenols is 1. The van der Waals surface area contributed by atoms with Gasteiger partial charge in [0.05, 0.1) is 0 Å². The Morgan fingerprint density at radius 3 is 2.60 bits per heavy atom. The number of piperidine rings is 1. The van der Waals surface area contributed by atoms with Crippen LogP contribution in [0.15, 0.2) is 18.2 Å². The molecule has 0 aliphatic carbocycles. The monoisotopic (exact) mass is 276 g/mol. The number of benzene rings is 1. The molecular formula is C17H28N2O. The molecule has 1 aromatic rings. The third-order valence-electron chi connectivity index (χ3n) is 4.38. The lowest BCUT2D eigenvalue weighted by Crippen LogP contribution is -2.43. The van der Waals surface area contributed by atoms with E-state index < -0.39 is 0 Å². The molecule has 3 nitrogen and oxygen atoms in total. The van der Waals surface area contributed by atoms with Crippen molar-refractivity contribution in [2.75, 3.05) is 19.6 Å². The molecular weight excluding hydrogens is 248 g/mol. The van der Waals surface area contributed by atoms with Crippen molar-refractivity contribution in [1.29, 1.82) is 0 Å². The van der Waals surface area contributed by atoms with E-state index in [1.54, 1.807) is 6.07 Å². The smallest absolute Gasteiger partial charge is 0.120 e. The molecule has 0 aromatic heterocycles. The van der Waals surface area contributed by atoms with Crippen molar-refractivity contribution < 1.29 is 5.11 Å². The van der Waals surface area contributed by atoms with Crippen molar-refractivity contribution in [3.63, 3.8) is 0 Å². The first kappa shape index (κ1) is 15.3. The third kappa shape index (κ3) is 3.97. The molecule has 3 heteroatoms. The number of likely N-dealkylation sites (tertiary alicyclic amines) is 1. The van der Waals surface area contributed by atoms with Gasteiger partial charge in [-0.3, -0.25) is 4.90 Å². The van der Waals surface area contributed by atoms with E-state index in [1.165, 1.54) is 37.9 Å². The van der Waals surface area contributed by atoms with E-state index in [1.807, 2.05) is 6.07 Å². The van der Waals surface area contributed by atoms with E-state index in [0.717, 1.165) is 12.1 Å². The Bertz CT molecular complexity index is 427. The average Bonchev–Trinajstić information content (AvgIpc) is 2.47. The summed E-state index contributed by atoms with van der Waals surface area (Å²) in [5.74, 6) is 0.390. The average molecular weight is 276 g/mol. The van der Waals surface area contributed by atoms with Gasteiger partial charge in [-0.05, 0) is 52.8 Å². The summed E-state index contributed by atoms with van der Waals surface area (Å²) < 4.78 is 0. The van der Waals surface area contributed by atoms with Gasteiger partial charge in [-0.2, -0.15) is 0 Å². The zero-order chi connectivity index (χ0) is 14.5. The highest BCUT2D eigenvalue weighted by atomic mass is 16.3. The Labute approximate surface area is 123 Å². The highest BCUT2D eigenvalue weighted by molar-refractivity contribution is 5.37. The Balaban J connectivity index is 1.87. The molecule has 2 unspecified atom stereocenters. The van der Waals surface area contributed by atoms with Crippen molar-refractivity contribution in [2.24, 2.45) is 0 Å². The van der Waals surface area contributed by atoms with Gasteiger partial charge in [0.15, 0.2) is 0 Å². The summed E-state index contributed by atoms with van der Waals surface area (Å²) in [6, 6.07) is 6.55. The lowest BCUT2D eigenvalue weighted by atomic mass is 10.0. The number of hydrogen-bond donors (Lipinski definition) is 2. The van der Waals surface area contributed by atoms with Gasteiger partial charge in [-0.1, -0.05) is 24.1 Å². The summed E-state index contributed by atoms with van der Waals surface area (Å²) in [6.07, 6.45) is 4.04. The van der Waals surface area contributed by atoms with Crippen LogP contribution in [0.3, 0.4) is 0 Å². The second-order valence-electron chi connectivity index (χ2n) is 6.14. The molecule has 1 fully saturated rings. The van der Waals surface area contributed by atoms with Crippen molar-refractivity contribution in [1.82, 2.24) is 10.2 Å². The molecule has 0 saturated carbocycles. The van der Waals surface area contributed by atoms with Gasteiger partial charge < -0.3 is 10.4 Å². The first-order valence-corrected chi connectivity index (χ1v) is 7.85. The summed E-state index contributed by atoms with van der Waals surface area (Å²) >= 11 is 0. The van der Waals surface area contributed by atoms with Gasteiger partial charge >= 0.3 is 0 Å². The van der Waals surface area contributed by atoms with Crippen LogP contribution in [-0.2, 0) is 0 Å². The number of hydrogen-bond acceptors (Lipinski definition) is 3. The summed E-state index contributed by atoms with van der Waals surface area (Å²) in [4.78, 5) is 2.57. The number of nitrogens with zero attached hydrogens (tertiary/aromatic N) is 1. The molecule has 112 valence electrons. The first-order chi connectivity index (χ1) is 9.58. The fraction of sp³-hybridized carbons (Fsp3) is 0.647. The molecule has 2 rings (SSSR count). The molecule has 1 aliphatic heterocycles. The summed E-state index contributed by atoms with van der Waals surface area (Å²) in [7, 11) is 0. The van der Waals surface area contributed by atoms with Crippen LogP contribution in [0.5, 0.6) is 5.75 Å². The van der Waals surface area contributed by atoms with Crippen molar-refractivity contribution >= 4 is 0 Å². The second-order valence-corrected chi connectivity index (χ2v) is 6.14. The number of aryl methyl sites for hydroxylation is 1. The Morgan fingerprint density at radius 1 is 1.20 bits per heavy atom. The lowest BCUT2D eigenvalue weighted by Gasteiger charge is -2.33. The summed E-state index contributed by atoms with van der Waals surface area (Å²) in [5.41, 5.74) is 2.19. The Hall–Kier alpha value is -1.06. The van der Waals surface area contributed by atoms with Gasteiger partial charge in [0.2, 0.25) is 0 Å². The van der Waals surface area contributed by atoms with Gasteiger partial charge in [0.1, 0.15) is 5.75 Å². The summed E-state index contributed by atoms with van der Waals surface area (Å²) in [6.45, 7) is 9.90. The van der Waals surface area contributed by atoms with E-state index in [-0.39, 0.29) is 6.04 Å². The molecule has 0 amide bonds. The van der Waals surface area contributed by atoms with E-state index >= 15 is 0 Å². The zero-order valence-corrected chi connectivity index (χ0v) is 13.0. The van der Waals surface area contributed by atoms with Crippen LogP contribution < -0.4 is 5.32 Å². The highest BCUT2D eigenvalue weighted by Crippen LogP contribution is 2.25. The van der Waals surface area contributed by atoms with Gasteiger partial charge in [-0.15, -0.1) is 0 Å². The maximum Gasteiger partial charge on any atom is 0.120 e. The first-order valence-electron chi connectivity index (χ1n) is 7.85. The van der Waals surface area contributed by atoms with Gasteiger partial charge in [0, 0.05) is 24.2 Å². The van der Waals surface area contributed by atoms with Crippen LogP contribution in [0.25, 0.3) is 0 Å². The van der Waals surface area contributed by atoms with Crippen molar-refractivity contribution in [2.45, 2.75) is 52.1 Å². The minimum atomic E-state index is 0.183. The SMILES string of the molecule is Cc1ccc(O)c(C(C)NCC(C)N2CCCCC2)c1. The largest absolute Gasteiger partial charge is 0.508 e. The van der Waals surface area contributed by atoms with Crippen molar-refractivity contribution in [3.8, 4) is 5.75 Å². The van der Waals surface area contributed by atoms with Crippen molar-refractivity contribution in [3.05, 3.63) is 29.3 Å². The molecule has 1 heterocycles. The van der Waals surface area contributed by atoms with Crippen LogP contribution in [0, 0.1) is 6.92 Å². The van der Waals surface area contributed by atoms with Gasteiger partial charge in [-0.25, -0.2) is 0 Å². The predicted molar refractivity (Wildman–Crippen MR) is 84.1 cm³/mol. The third-order valence-corrected chi connectivity index (χ3v) is 4.38. The molecule has 0 bridgehead atoms. The molecule has 0 radical (unpaired) electrons. The maximum atomic E-state index is 9.97. The number of nitrogens with one attached hydrogen (secondary N) is 1. The van der Waals surface area contributed by atoms with Crippen LogP contribution in [0.2, 0.25) is 0 Å². The molecule has 2 atom stereocenters.